The van der Waals surface area contributed by atoms with Gasteiger partial charge in [0.1, 0.15) is 5.75 Å². The molecule has 2 saturated heterocycles. The largest absolute Gasteiger partial charge is 0.493 e. The lowest BCUT2D eigenvalue weighted by molar-refractivity contribution is -0.136. The quantitative estimate of drug-likeness (QED) is 0.443. The molecule has 1 atom stereocenters. The molecular weight excluding hydrogens is 495 g/mol. The number of hydrogen-bond acceptors (Lipinski definition) is 3. The average molecular weight is 524 g/mol. The Bertz CT molecular complexity index is 1020. The van der Waals surface area contributed by atoms with Gasteiger partial charge in [0.25, 0.3) is 5.91 Å². The predicted molar refractivity (Wildman–Crippen MR) is 136 cm³/mol. The zero-order valence-electron chi connectivity index (χ0n) is 19.1. The number of rotatable bonds is 6. The minimum atomic E-state index is -0.474. The van der Waals surface area contributed by atoms with Gasteiger partial charge in [-0.15, -0.1) is 0 Å². The van der Waals surface area contributed by atoms with E-state index >= 15 is 0 Å². The van der Waals surface area contributed by atoms with Crippen molar-refractivity contribution in [3.05, 3.63) is 63.1 Å². The third-order valence-corrected chi connectivity index (χ3v) is 7.70. The van der Waals surface area contributed by atoms with E-state index in [4.69, 9.17) is 39.5 Å². The van der Waals surface area contributed by atoms with E-state index in [1.165, 1.54) is 6.42 Å². The second-order valence-electron chi connectivity index (χ2n) is 9.32. The molecule has 2 aliphatic rings. The molecule has 0 unspecified atom stereocenters. The Morgan fingerprint density at radius 1 is 0.853 bits per heavy atom. The van der Waals surface area contributed by atoms with Crippen molar-refractivity contribution >= 4 is 46.6 Å². The molecule has 2 fully saturated rings. The van der Waals surface area contributed by atoms with Gasteiger partial charge in [0.2, 0.25) is 5.91 Å². The van der Waals surface area contributed by atoms with Crippen LogP contribution in [0.25, 0.3) is 0 Å². The molecule has 182 valence electrons. The lowest BCUT2D eigenvalue weighted by Gasteiger charge is -2.43. The number of carbonyl (C=O) groups is 2. The standard InChI is InChI=1S/C26H29Cl3N2O3/c27-20-6-8-21(9-7-20)34-18-26(16-24(32)30-12-2-1-3-13-30)11-4-14-31(17-26)25(33)19-5-10-22(28)23(29)15-19/h5-10,15H,1-4,11-14,16-18H2/t26-/m0/s1. The monoisotopic (exact) mass is 522 g/mol. The lowest BCUT2D eigenvalue weighted by atomic mass is 9.77. The van der Waals surface area contributed by atoms with Crippen molar-refractivity contribution in [2.45, 2.75) is 38.5 Å². The first-order valence-electron chi connectivity index (χ1n) is 11.8. The van der Waals surface area contributed by atoms with Crippen molar-refractivity contribution in [1.82, 2.24) is 9.80 Å². The lowest BCUT2D eigenvalue weighted by Crippen LogP contribution is -2.51. The molecule has 2 aromatic carbocycles. The van der Waals surface area contributed by atoms with Crippen LogP contribution in [-0.2, 0) is 4.79 Å². The van der Waals surface area contributed by atoms with E-state index in [0.29, 0.717) is 52.5 Å². The number of piperidine rings is 2. The van der Waals surface area contributed by atoms with E-state index in [-0.39, 0.29) is 11.8 Å². The molecule has 0 aromatic heterocycles. The highest BCUT2D eigenvalue weighted by Gasteiger charge is 2.41. The number of hydrogen-bond donors (Lipinski definition) is 0. The molecule has 0 aliphatic carbocycles. The minimum Gasteiger partial charge on any atom is -0.493 e. The molecule has 8 heteroatoms. The van der Waals surface area contributed by atoms with Gasteiger partial charge in [-0.05, 0) is 74.6 Å². The first-order valence-corrected chi connectivity index (χ1v) is 12.9. The number of halogens is 3. The third-order valence-electron chi connectivity index (χ3n) is 6.71. The van der Waals surface area contributed by atoms with Crippen LogP contribution < -0.4 is 4.74 Å². The molecule has 2 heterocycles. The Hall–Kier alpha value is -1.95. The van der Waals surface area contributed by atoms with Gasteiger partial charge in [-0.25, -0.2) is 0 Å². The van der Waals surface area contributed by atoms with Gasteiger partial charge in [-0.1, -0.05) is 34.8 Å². The molecule has 0 saturated carbocycles. The number of amides is 2. The van der Waals surface area contributed by atoms with Crippen molar-refractivity contribution in [2.75, 3.05) is 32.8 Å². The summed E-state index contributed by atoms with van der Waals surface area (Å²) in [5, 5.41) is 1.40. The summed E-state index contributed by atoms with van der Waals surface area (Å²) in [6.45, 7) is 3.02. The zero-order chi connectivity index (χ0) is 24.1. The van der Waals surface area contributed by atoms with E-state index in [9.17, 15) is 9.59 Å². The van der Waals surface area contributed by atoms with Crippen LogP contribution in [-0.4, -0.2) is 54.4 Å². The van der Waals surface area contributed by atoms with Gasteiger partial charge < -0.3 is 14.5 Å². The summed E-state index contributed by atoms with van der Waals surface area (Å²) >= 11 is 18.2. The molecule has 0 spiro atoms. The van der Waals surface area contributed by atoms with E-state index in [2.05, 4.69) is 0 Å². The Morgan fingerprint density at radius 3 is 2.26 bits per heavy atom. The van der Waals surface area contributed by atoms with Crippen molar-refractivity contribution in [2.24, 2.45) is 5.41 Å². The van der Waals surface area contributed by atoms with Gasteiger partial charge in [0.15, 0.2) is 0 Å². The summed E-state index contributed by atoms with van der Waals surface area (Å²) in [4.78, 5) is 30.4. The normalized spacial score (nSPS) is 20.8. The molecular formula is C26H29Cl3N2O3. The van der Waals surface area contributed by atoms with Crippen molar-refractivity contribution in [1.29, 1.82) is 0 Å². The molecule has 34 heavy (non-hydrogen) atoms. The maximum atomic E-state index is 13.3. The first kappa shape index (κ1) is 25.2. The fourth-order valence-corrected chi connectivity index (χ4v) is 5.27. The van der Waals surface area contributed by atoms with Crippen LogP contribution in [0.2, 0.25) is 15.1 Å². The van der Waals surface area contributed by atoms with Crippen LogP contribution in [0.1, 0.15) is 48.9 Å². The fourth-order valence-electron chi connectivity index (χ4n) is 4.85. The number of carbonyl (C=O) groups excluding carboxylic acids is 2. The summed E-state index contributed by atoms with van der Waals surface area (Å²) < 4.78 is 6.15. The fraction of sp³-hybridized carbons (Fsp3) is 0.462. The van der Waals surface area contributed by atoms with Gasteiger partial charge in [-0.2, -0.15) is 0 Å². The summed E-state index contributed by atoms with van der Waals surface area (Å²) in [6.07, 6.45) is 5.21. The predicted octanol–water partition coefficient (Wildman–Crippen LogP) is 6.35. The van der Waals surface area contributed by atoms with Crippen molar-refractivity contribution < 1.29 is 14.3 Å². The number of ether oxygens (including phenoxy) is 1. The minimum absolute atomic E-state index is 0.112. The Balaban J connectivity index is 1.53. The highest BCUT2D eigenvalue weighted by molar-refractivity contribution is 6.42. The molecule has 5 nitrogen and oxygen atoms in total. The van der Waals surface area contributed by atoms with Crippen LogP contribution in [0.4, 0.5) is 0 Å². The van der Waals surface area contributed by atoms with E-state index < -0.39 is 5.41 Å². The summed E-state index contributed by atoms with van der Waals surface area (Å²) in [7, 11) is 0. The van der Waals surface area contributed by atoms with Crippen molar-refractivity contribution in [3.8, 4) is 5.75 Å². The maximum absolute atomic E-state index is 13.3. The van der Waals surface area contributed by atoms with Crippen LogP contribution in [0.5, 0.6) is 5.75 Å². The summed E-state index contributed by atoms with van der Waals surface area (Å²) in [5.74, 6) is 0.727. The van der Waals surface area contributed by atoms with Gasteiger partial charge in [-0.3, -0.25) is 9.59 Å². The van der Waals surface area contributed by atoms with Gasteiger partial charge in [0.05, 0.1) is 16.7 Å². The van der Waals surface area contributed by atoms with Crippen LogP contribution >= 0.6 is 34.8 Å². The molecule has 0 bridgehead atoms. The van der Waals surface area contributed by atoms with E-state index in [0.717, 1.165) is 38.8 Å². The summed E-state index contributed by atoms with van der Waals surface area (Å²) in [6, 6.07) is 12.1. The molecule has 4 rings (SSSR count). The summed E-state index contributed by atoms with van der Waals surface area (Å²) in [5.41, 5.74) is 0.0179. The van der Waals surface area contributed by atoms with E-state index in [1.807, 2.05) is 21.9 Å². The van der Waals surface area contributed by atoms with Crippen LogP contribution in [0, 0.1) is 5.41 Å². The Morgan fingerprint density at radius 2 is 1.56 bits per heavy atom. The van der Waals surface area contributed by atoms with E-state index in [1.54, 1.807) is 30.3 Å². The highest BCUT2D eigenvalue weighted by atomic mass is 35.5. The topological polar surface area (TPSA) is 49.9 Å². The molecule has 0 N–H and O–H groups in total. The average Bonchev–Trinajstić information content (AvgIpc) is 2.85. The Labute approximate surface area is 215 Å². The number of likely N-dealkylation sites (tertiary alicyclic amines) is 2. The first-order chi connectivity index (χ1) is 16.3. The van der Waals surface area contributed by atoms with Gasteiger partial charge in [0, 0.05) is 48.6 Å². The second kappa shape index (κ2) is 11.2. The second-order valence-corrected chi connectivity index (χ2v) is 10.6. The molecule has 2 amide bonds. The van der Waals surface area contributed by atoms with Gasteiger partial charge >= 0.3 is 0 Å². The van der Waals surface area contributed by atoms with Crippen LogP contribution in [0.3, 0.4) is 0 Å². The highest BCUT2D eigenvalue weighted by Crippen LogP contribution is 2.36. The van der Waals surface area contributed by atoms with Crippen LogP contribution in [0.15, 0.2) is 42.5 Å². The van der Waals surface area contributed by atoms with Crippen molar-refractivity contribution in [3.63, 3.8) is 0 Å². The maximum Gasteiger partial charge on any atom is 0.253 e. The Kier molecular flexibility index (Phi) is 8.28. The smallest absolute Gasteiger partial charge is 0.253 e. The molecule has 2 aliphatic heterocycles. The SMILES string of the molecule is O=C(C[C@@]1(COc2ccc(Cl)cc2)CCCN(C(=O)c2ccc(Cl)c(Cl)c2)C1)N1CCCCC1. The zero-order valence-corrected chi connectivity index (χ0v) is 21.3. The molecule has 2 aromatic rings. The number of nitrogens with zero attached hydrogens (tertiary/aromatic N) is 2. The third kappa shape index (κ3) is 6.18. The number of benzene rings is 2. The molecule has 0 radical (unpaired) electrons.